The van der Waals surface area contributed by atoms with Crippen LogP contribution >= 0.6 is 0 Å². The van der Waals surface area contributed by atoms with Crippen molar-refractivity contribution in [3.05, 3.63) is 0 Å². The molecule has 0 spiro atoms. The third-order valence-corrected chi connectivity index (χ3v) is 2.77. The quantitative estimate of drug-likeness (QED) is 0.703. The van der Waals surface area contributed by atoms with E-state index < -0.39 is 0 Å². The van der Waals surface area contributed by atoms with Gasteiger partial charge in [-0.25, -0.2) is 0 Å². The van der Waals surface area contributed by atoms with Gasteiger partial charge in [0.15, 0.2) is 0 Å². The fourth-order valence-corrected chi connectivity index (χ4v) is 1.84. The molecule has 3 unspecified atom stereocenters. The molecule has 0 aromatic heterocycles. The molecule has 0 aliphatic carbocycles. The van der Waals surface area contributed by atoms with Crippen LogP contribution in [0, 0.1) is 11.8 Å². The topological polar surface area (TPSA) is 29.5 Å². The van der Waals surface area contributed by atoms with Crippen molar-refractivity contribution in [1.82, 2.24) is 0 Å². The first-order valence-electron chi connectivity index (χ1n) is 4.92. The highest BCUT2D eigenvalue weighted by Gasteiger charge is 2.29. The molecule has 1 aliphatic rings. The molecule has 1 heterocycles. The van der Waals surface area contributed by atoms with Gasteiger partial charge in [0.05, 0.1) is 12.2 Å². The maximum absolute atomic E-state index is 9.78. The van der Waals surface area contributed by atoms with Crippen molar-refractivity contribution in [2.75, 3.05) is 6.61 Å². The van der Waals surface area contributed by atoms with Crippen molar-refractivity contribution < 1.29 is 9.84 Å². The summed E-state index contributed by atoms with van der Waals surface area (Å²) < 4.78 is 5.53. The van der Waals surface area contributed by atoms with E-state index >= 15 is 0 Å². The maximum Gasteiger partial charge on any atom is 0.0626 e. The number of aliphatic hydroxyl groups is 1. The van der Waals surface area contributed by atoms with Crippen molar-refractivity contribution in [2.45, 2.75) is 45.8 Å². The molecule has 0 aromatic rings. The molecule has 1 fully saturated rings. The van der Waals surface area contributed by atoms with Crippen LogP contribution in [0.3, 0.4) is 0 Å². The SMILES string of the molecule is CC(C)C(O)C(C)C1CCCO1. The van der Waals surface area contributed by atoms with Gasteiger partial charge in [-0.2, -0.15) is 0 Å². The molecule has 0 amide bonds. The minimum atomic E-state index is -0.215. The zero-order valence-electron chi connectivity index (χ0n) is 8.29. The summed E-state index contributed by atoms with van der Waals surface area (Å²) in [5.74, 6) is 0.622. The second-order valence-corrected chi connectivity index (χ2v) is 4.15. The smallest absolute Gasteiger partial charge is 0.0626 e. The molecular formula is C10H20O2. The summed E-state index contributed by atoms with van der Waals surface area (Å²) >= 11 is 0. The maximum atomic E-state index is 9.78. The Morgan fingerprint density at radius 3 is 2.42 bits per heavy atom. The van der Waals surface area contributed by atoms with Crippen LogP contribution in [-0.2, 0) is 4.74 Å². The first-order chi connectivity index (χ1) is 5.63. The van der Waals surface area contributed by atoms with Crippen LogP contribution in [0.2, 0.25) is 0 Å². The van der Waals surface area contributed by atoms with Crippen LogP contribution in [-0.4, -0.2) is 23.9 Å². The van der Waals surface area contributed by atoms with Gasteiger partial charge in [-0.05, 0) is 18.8 Å². The Morgan fingerprint density at radius 1 is 1.33 bits per heavy atom. The van der Waals surface area contributed by atoms with Gasteiger partial charge in [0.2, 0.25) is 0 Å². The number of aliphatic hydroxyl groups excluding tert-OH is 1. The third-order valence-electron chi connectivity index (χ3n) is 2.77. The molecule has 1 saturated heterocycles. The van der Waals surface area contributed by atoms with E-state index in [0.29, 0.717) is 12.0 Å². The molecule has 2 nitrogen and oxygen atoms in total. The van der Waals surface area contributed by atoms with E-state index in [1.165, 1.54) is 0 Å². The summed E-state index contributed by atoms with van der Waals surface area (Å²) in [5, 5.41) is 9.78. The molecule has 0 aromatic carbocycles. The average molecular weight is 172 g/mol. The summed E-state index contributed by atoms with van der Waals surface area (Å²) in [6, 6.07) is 0. The van der Waals surface area contributed by atoms with Crippen molar-refractivity contribution >= 4 is 0 Å². The van der Waals surface area contributed by atoms with Crippen LogP contribution in [0.15, 0.2) is 0 Å². The van der Waals surface area contributed by atoms with Crippen LogP contribution in [0.4, 0.5) is 0 Å². The number of hydrogen-bond donors (Lipinski definition) is 1. The molecule has 0 bridgehead atoms. The summed E-state index contributed by atoms with van der Waals surface area (Å²) in [7, 11) is 0. The molecule has 0 saturated carbocycles. The third kappa shape index (κ3) is 2.20. The Labute approximate surface area is 74.9 Å². The molecule has 72 valence electrons. The zero-order valence-corrected chi connectivity index (χ0v) is 8.29. The van der Waals surface area contributed by atoms with Crippen molar-refractivity contribution in [1.29, 1.82) is 0 Å². The standard InChI is InChI=1S/C10H20O2/c1-7(2)10(11)8(3)9-5-4-6-12-9/h7-11H,4-6H2,1-3H3. The zero-order chi connectivity index (χ0) is 9.14. The first kappa shape index (κ1) is 10.0. The van der Waals surface area contributed by atoms with Crippen LogP contribution in [0.1, 0.15) is 33.6 Å². The predicted octanol–water partition coefficient (Wildman–Crippen LogP) is 1.82. The highest BCUT2D eigenvalue weighted by Crippen LogP contribution is 2.25. The lowest BCUT2D eigenvalue weighted by Gasteiger charge is -2.26. The summed E-state index contributed by atoms with van der Waals surface area (Å²) in [6.45, 7) is 7.06. The Bertz CT molecular complexity index is 126. The molecule has 2 heteroatoms. The lowest BCUT2D eigenvalue weighted by Crippen LogP contribution is -2.32. The van der Waals surface area contributed by atoms with Gasteiger partial charge in [0.1, 0.15) is 0 Å². The van der Waals surface area contributed by atoms with E-state index in [2.05, 4.69) is 20.8 Å². The van der Waals surface area contributed by atoms with Gasteiger partial charge in [-0.1, -0.05) is 20.8 Å². The molecule has 12 heavy (non-hydrogen) atoms. The minimum Gasteiger partial charge on any atom is -0.392 e. The van der Waals surface area contributed by atoms with Gasteiger partial charge in [-0.15, -0.1) is 0 Å². The number of rotatable bonds is 3. The van der Waals surface area contributed by atoms with Gasteiger partial charge in [-0.3, -0.25) is 0 Å². The van der Waals surface area contributed by atoms with E-state index in [1.54, 1.807) is 0 Å². The largest absolute Gasteiger partial charge is 0.392 e. The van der Waals surface area contributed by atoms with Gasteiger partial charge in [0.25, 0.3) is 0 Å². The Hall–Kier alpha value is -0.0800. The summed E-state index contributed by atoms with van der Waals surface area (Å²) in [5.41, 5.74) is 0. The lowest BCUT2D eigenvalue weighted by molar-refractivity contribution is -0.0156. The highest BCUT2D eigenvalue weighted by atomic mass is 16.5. The number of hydrogen-bond acceptors (Lipinski definition) is 2. The molecule has 1 aliphatic heterocycles. The van der Waals surface area contributed by atoms with Crippen LogP contribution < -0.4 is 0 Å². The van der Waals surface area contributed by atoms with E-state index in [1.807, 2.05) is 0 Å². The summed E-state index contributed by atoms with van der Waals surface area (Å²) in [6.07, 6.45) is 2.35. The molecule has 3 atom stereocenters. The van der Waals surface area contributed by atoms with E-state index in [0.717, 1.165) is 19.4 Å². The number of ether oxygens (including phenoxy) is 1. The first-order valence-corrected chi connectivity index (χ1v) is 4.92. The highest BCUT2D eigenvalue weighted by molar-refractivity contribution is 4.78. The average Bonchev–Trinajstić information content (AvgIpc) is 2.53. The van der Waals surface area contributed by atoms with E-state index in [9.17, 15) is 5.11 Å². The van der Waals surface area contributed by atoms with Crippen molar-refractivity contribution in [2.24, 2.45) is 11.8 Å². The van der Waals surface area contributed by atoms with Gasteiger partial charge in [0, 0.05) is 12.5 Å². The van der Waals surface area contributed by atoms with Crippen LogP contribution in [0.25, 0.3) is 0 Å². The fourth-order valence-electron chi connectivity index (χ4n) is 1.84. The Balaban J connectivity index is 2.39. The van der Waals surface area contributed by atoms with Crippen molar-refractivity contribution in [3.63, 3.8) is 0 Å². The van der Waals surface area contributed by atoms with Crippen molar-refractivity contribution in [3.8, 4) is 0 Å². The minimum absolute atomic E-state index is 0.215. The fraction of sp³-hybridized carbons (Fsp3) is 1.00. The lowest BCUT2D eigenvalue weighted by atomic mass is 9.89. The molecular weight excluding hydrogens is 152 g/mol. The molecule has 0 radical (unpaired) electrons. The second kappa shape index (κ2) is 4.24. The molecule has 1 N–H and O–H groups in total. The predicted molar refractivity (Wildman–Crippen MR) is 49.0 cm³/mol. The molecule has 1 rings (SSSR count). The monoisotopic (exact) mass is 172 g/mol. The Morgan fingerprint density at radius 2 is 2.00 bits per heavy atom. The Kier molecular flexibility index (Phi) is 3.53. The summed E-state index contributed by atoms with van der Waals surface area (Å²) in [4.78, 5) is 0. The van der Waals surface area contributed by atoms with Gasteiger partial charge < -0.3 is 9.84 Å². The van der Waals surface area contributed by atoms with Crippen LogP contribution in [0.5, 0.6) is 0 Å². The van der Waals surface area contributed by atoms with Gasteiger partial charge >= 0.3 is 0 Å². The normalized spacial score (nSPS) is 29.2. The van der Waals surface area contributed by atoms with E-state index in [-0.39, 0.29) is 12.0 Å². The van der Waals surface area contributed by atoms with E-state index in [4.69, 9.17) is 4.74 Å². The second-order valence-electron chi connectivity index (χ2n) is 4.15.